The predicted molar refractivity (Wildman–Crippen MR) is 127 cm³/mol. The minimum absolute atomic E-state index is 0.0312. The highest BCUT2D eigenvalue weighted by molar-refractivity contribution is 6.31. The van der Waals surface area contributed by atoms with Crippen LogP contribution in [0, 0.1) is 12.7 Å². The number of methoxy groups -OCH3 is 2. The summed E-state index contributed by atoms with van der Waals surface area (Å²) in [7, 11) is 3.10. The Bertz CT molecular complexity index is 1410. The Labute approximate surface area is 203 Å². The van der Waals surface area contributed by atoms with Gasteiger partial charge in [0, 0.05) is 34.5 Å². The van der Waals surface area contributed by atoms with Gasteiger partial charge >= 0.3 is 6.18 Å². The summed E-state index contributed by atoms with van der Waals surface area (Å²) in [4.78, 5) is 0. The third-order valence-corrected chi connectivity index (χ3v) is 5.89. The SMILES string of the molecule is COc1ccc(CNc2nnc(C)c3cc(-c4c(C(F)(F)F)ccc(Cl)c4F)ccc23)c(OC)c1. The first kappa shape index (κ1) is 24.5. The largest absolute Gasteiger partial charge is 0.497 e. The molecule has 4 rings (SSSR count). The van der Waals surface area contributed by atoms with Gasteiger partial charge in [0.05, 0.1) is 30.5 Å². The van der Waals surface area contributed by atoms with Crippen molar-refractivity contribution in [2.24, 2.45) is 0 Å². The summed E-state index contributed by atoms with van der Waals surface area (Å²) in [6.07, 6.45) is -4.76. The van der Waals surface area contributed by atoms with Gasteiger partial charge in [-0.05, 0) is 48.9 Å². The summed E-state index contributed by atoms with van der Waals surface area (Å²) >= 11 is 5.81. The summed E-state index contributed by atoms with van der Waals surface area (Å²) < 4.78 is 66.3. The van der Waals surface area contributed by atoms with Crippen molar-refractivity contribution in [1.29, 1.82) is 0 Å². The van der Waals surface area contributed by atoms with Crippen LogP contribution in [0.4, 0.5) is 23.4 Å². The van der Waals surface area contributed by atoms with Crippen LogP contribution in [0.25, 0.3) is 21.9 Å². The van der Waals surface area contributed by atoms with E-state index < -0.39 is 28.1 Å². The highest BCUT2D eigenvalue weighted by Gasteiger charge is 2.35. The topological polar surface area (TPSA) is 56.3 Å². The van der Waals surface area contributed by atoms with Crippen LogP contribution < -0.4 is 14.8 Å². The van der Waals surface area contributed by atoms with E-state index in [2.05, 4.69) is 15.5 Å². The van der Waals surface area contributed by atoms with Gasteiger partial charge in [-0.1, -0.05) is 17.7 Å². The first-order valence-corrected chi connectivity index (χ1v) is 10.8. The van der Waals surface area contributed by atoms with Crippen LogP contribution in [0.15, 0.2) is 48.5 Å². The molecule has 3 aromatic carbocycles. The monoisotopic (exact) mass is 505 g/mol. The maximum Gasteiger partial charge on any atom is 0.417 e. The molecule has 0 atom stereocenters. The number of halogens is 5. The molecule has 1 heterocycles. The van der Waals surface area contributed by atoms with Crippen LogP contribution in [0.5, 0.6) is 11.5 Å². The van der Waals surface area contributed by atoms with E-state index in [4.69, 9.17) is 21.1 Å². The van der Waals surface area contributed by atoms with E-state index in [9.17, 15) is 17.6 Å². The third kappa shape index (κ3) is 4.81. The van der Waals surface area contributed by atoms with Gasteiger partial charge in [-0.3, -0.25) is 0 Å². The summed E-state index contributed by atoms with van der Waals surface area (Å²) in [5.41, 5.74) is -0.380. The normalized spacial score (nSPS) is 11.5. The van der Waals surface area contributed by atoms with Crippen molar-refractivity contribution in [1.82, 2.24) is 10.2 Å². The summed E-state index contributed by atoms with van der Waals surface area (Å²) in [6, 6.07) is 11.5. The Morgan fingerprint density at radius 2 is 1.71 bits per heavy atom. The van der Waals surface area contributed by atoms with E-state index in [1.54, 1.807) is 39.3 Å². The van der Waals surface area contributed by atoms with Gasteiger partial charge in [0.2, 0.25) is 0 Å². The zero-order chi connectivity index (χ0) is 25.3. The number of anilines is 1. The minimum atomic E-state index is -4.76. The zero-order valence-corrected chi connectivity index (χ0v) is 19.7. The molecular formula is C25H20ClF4N3O2. The smallest absolute Gasteiger partial charge is 0.417 e. The Kier molecular flexibility index (Phi) is 6.71. The minimum Gasteiger partial charge on any atom is -0.497 e. The van der Waals surface area contributed by atoms with Crippen molar-refractivity contribution in [2.45, 2.75) is 19.6 Å². The lowest BCUT2D eigenvalue weighted by molar-refractivity contribution is -0.137. The lowest BCUT2D eigenvalue weighted by Crippen LogP contribution is -2.09. The second-order valence-electron chi connectivity index (χ2n) is 7.71. The molecule has 5 nitrogen and oxygen atoms in total. The number of hydrogen-bond acceptors (Lipinski definition) is 5. The molecule has 0 aliphatic rings. The Hall–Kier alpha value is -3.59. The van der Waals surface area contributed by atoms with Crippen molar-refractivity contribution in [3.8, 4) is 22.6 Å². The number of benzene rings is 3. The molecule has 10 heteroatoms. The van der Waals surface area contributed by atoms with Gasteiger partial charge in [-0.15, -0.1) is 5.10 Å². The van der Waals surface area contributed by atoms with Crippen molar-refractivity contribution in [2.75, 3.05) is 19.5 Å². The van der Waals surface area contributed by atoms with Crippen LogP contribution in [0.1, 0.15) is 16.8 Å². The molecule has 4 aromatic rings. The number of nitrogens with one attached hydrogen (secondary N) is 1. The van der Waals surface area contributed by atoms with Crippen molar-refractivity contribution >= 4 is 28.2 Å². The Balaban J connectivity index is 1.76. The van der Waals surface area contributed by atoms with Gasteiger partial charge in [0.1, 0.15) is 17.3 Å². The van der Waals surface area contributed by atoms with Crippen LogP contribution in [0.3, 0.4) is 0 Å². The maximum absolute atomic E-state index is 14.8. The van der Waals surface area contributed by atoms with E-state index in [1.165, 1.54) is 12.1 Å². The van der Waals surface area contributed by atoms with E-state index in [0.717, 1.165) is 17.7 Å². The standard InChI is InChI=1S/C25H20ClF4N3O2/c1-13-18-10-14(22-19(25(28,29)30)8-9-20(26)23(22)27)5-7-17(18)24(33-32-13)31-12-15-4-6-16(34-2)11-21(15)35-3/h4-11H,12H2,1-3H3,(H,31,33). The molecule has 0 saturated heterocycles. The first-order chi connectivity index (χ1) is 16.6. The predicted octanol–water partition coefficient (Wildman–Crippen LogP) is 7.05. The molecule has 0 saturated carbocycles. The highest BCUT2D eigenvalue weighted by Crippen LogP contribution is 2.41. The maximum atomic E-state index is 14.8. The average Bonchev–Trinajstić information content (AvgIpc) is 2.84. The Morgan fingerprint density at radius 3 is 2.40 bits per heavy atom. The fourth-order valence-electron chi connectivity index (χ4n) is 3.81. The molecule has 0 aliphatic heterocycles. The molecule has 0 aliphatic carbocycles. The van der Waals surface area contributed by atoms with Gasteiger partial charge in [0.25, 0.3) is 0 Å². The number of aromatic nitrogens is 2. The molecule has 0 fully saturated rings. The molecule has 1 N–H and O–H groups in total. The number of rotatable bonds is 6. The second kappa shape index (κ2) is 9.58. The molecule has 0 unspecified atom stereocenters. The Morgan fingerprint density at radius 1 is 0.943 bits per heavy atom. The number of alkyl halides is 3. The van der Waals surface area contributed by atoms with E-state index >= 15 is 0 Å². The zero-order valence-electron chi connectivity index (χ0n) is 18.9. The molecule has 0 radical (unpaired) electrons. The molecular weight excluding hydrogens is 486 g/mol. The molecule has 0 bridgehead atoms. The molecule has 0 spiro atoms. The fourth-order valence-corrected chi connectivity index (χ4v) is 3.97. The quantitative estimate of drug-likeness (QED) is 0.285. The number of nitrogens with zero attached hydrogens (tertiary/aromatic N) is 2. The van der Waals surface area contributed by atoms with Crippen LogP contribution in [-0.2, 0) is 12.7 Å². The van der Waals surface area contributed by atoms with E-state index in [0.29, 0.717) is 40.3 Å². The number of ether oxygens (including phenoxy) is 2. The molecule has 182 valence electrons. The van der Waals surface area contributed by atoms with Crippen molar-refractivity contribution in [3.63, 3.8) is 0 Å². The van der Waals surface area contributed by atoms with Crippen LogP contribution in [-0.4, -0.2) is 24.4 Å². The molecule has 1 aromatic heterocycles. The van der Waals surface area contributed by atoms with Gasteiger partial charge in [0.15, 0.2) is 5.82 Å². The fraction of sp³-hybridized carbons (Fsp3) is 0.200. The molecule has 35 heavy (non-hydrogen) atoms. The lowest BCUT2D eigenvalue weighted by Gasteiger charge is -2.16. The van der Waals surface area contributed by atoms with E-state index in [-0.39, 0.29) is 5.56 Å². The number of hydrogen-bond donors (Lipinski definition) is 1. The highest BCUT2D eigenvalue weighted by atomic mass is 35.5. The summed E-state index contributed by atoms with van der Waals surface area (Å²) in [6.45, 7) is 2.01. The van der Waals surface area contributed by atoms with Crippen LogP contribution in [0.2, 0.25) is 5.02 Å². The average molecular weight is 506 g/mol. The first-order valence-electron chi connectivity index (χ1n) is 10.4. The summed E-state index contributed by atoms with van der Waals surface area (Å²) in [5.74, 6) is 0.535. The van der Waals surface area contributed by atoms with Crippen LogP contribution >= 0.6 is 11.6 Å². The summed E-state index contributed by atoms with van der Waals surface area (Å²) in [5, 5.41) is 12.3. The van der Waals surface area contributed by atoms with Gasteiger partial charge in [-0.2, -0.15) is 18.3 Å². The third-order valence-electron chi connectivity index (χ3n) is 5.59. The van der Waals surface area contributed by atoms with E-state index in [1.807, 2.05) is 6.07 Å². The van der Waals surface area contributed by atoms with Gasteiger partial charge < -0.3 is 14.8 Å². The van der Waals surface area contributed by atoms with Gasteiger partial charge in [-0.25, -0.2) is 4.39 Å². The number of aryl methyl sites for hydroxylation is 1. The second-order valence-corrected chi connectivity index (χ2v) is 8.11. The number of fused-ring (bicyclic) bond motifs is 1. The van der Waals surface area contributed by atoms with Crippen molar-refractivity contribution < 1.29 is 27.0 Å². The molecule has 0 amide bonds. The lowest BCUT2D eigenvalue weighted by atomic mass is 9.96. The van der Waals surface area contributed by atoms with Crippen molar-refractivity contribution in [3.05, 3.63) is 76.2 Å².